The van der Waals surface area contributed by atoms with Crippen LogP contribution in [0.25, 0.3) is 0 Å². The first-order valence-electron chi connectivity index (χ1n) is 7.44. The zero-order chi connectivity index (χ0) is 17.8. The first kappa shape index (κ1) is 16.8. The summed E-state index contributed by atoms with van der Waals surface area (Å²) in [6.07, 6.45) is 1.59. The topological polar surface area (TPSA) is 89.0 Å². The van der Waals surface area contributed by atoms with Crippen molar-refractivity contribution < 1.29 is 9.53 Å². The Morgan fingerprint density at radius 1 is 1.28 bits per heavy atom. The third kappa shape index (κ3) is 4.27. The van der Waals surface area contributed by atoms with Crippen molar-refractivity contribution in [2.45, 2.75) is 6.54 Å². The van der Waals surface area contributed by atoms with Gasteiger partial charge in [-0.1, -0.05) is 17.7 Å². The molecular formula is C17H15ClN4O3. The number of rotatable bonds is 5. The molecule has 128 valence electrons. The van der Waals surface area contributed by atoms with Crippen molar-refractivity contribution in [2.75, 3.05) is 0 Å². The molecule has 3 aromatic rings. The maximum Gasteiger partial charge on any atom is 0.269 e. The summed E-state index contributed by atoms with van der Waals surface area (Å²) in [7, 11) is 1.59. The SMILES string of the molecule is Cn1[nH]c(=O)cc1C(=O)NCc1cc(Oc2cccc(Cl)c2)ccn1. The number of aromatic nitrogens is 3. The molecule has 25 heavy (non-hydrogen) atoms. The summed E-state index contributed by atoms with van der Waals surface area (Å²) in [5.74, 6) is 0.815. The molecule has 0 aliphatic carbocycles. The summed E-state index contributed by atoms with van der Waals surface area (Å²) in [6.45, 7) is 0.199. The van der Waals surface area contributed by atoms with Crippen molar-refractivity contribution in [2.24, 2.45) is 7.05 Å². The molecule has 2 heterocycles. The molecule has 0 atom stereocenters. The van der Waals surface area contributed by atoms with Gasteiger partial charge in [-0.2, -0.15) is 0 Å². The highest BCUT2D eigenvalue weighted by molar-refractivity contribution is 6.30. The number of ether oxygens (including phenoxy) is 1. The number of benzene rings is 1. The molecule has 3 rings (SSSR count). The van der Waals surface area contributed by atoms with Crippen LogP contribution < -0.4 is 15.6 Å². The van der Waals surface area contributed by atoms with Gasteiger partial charge in [0.15, 0.2) is 0 Å². The van der Waals surface area contributed by atoms with Crippen LogP contribution in [0, 0.1) is 0 Å². The molecule has 0 saturated carbocycles. The zero-order valence-corrected chi connectivity index (χ0v) is 14.1. The van der Waals surface area contributed by atoms with E-state index < -0.39 is 0 Å². The number of nitrogens with one attached hydrogen (secondary N) is 2. The fourth-order valence-corrected chi connectivity index (χ4v) is 2.42. The predicted molar refractivity (Wildman–Crippen MR) is 93.0 cm³/mol. The minimum Gasteiger partial charge on any atom is -0.457 e. The van der Waals surface area contributed by atoms with E-state index in [9.17, 15) is 9.59 Å². The van der Waals surface area contributed by atoms with Crippen LogP contribution in [0.5, 0.6) is 11.5 Å². The number of halogens is 1. The molecule has 2 N–H and O–H groups in total. The Labute approximate surface area is 148 Å². The molecule has 8 heteroatoms. The smallest absolute Gasteiger partial charge is 0.269 e. The molecule has 0 aliphatic rings. The minimum absolute atomic E-state index is 0.199. The van der Waals surface area contributed by atoms with Crippen molar-refractivity contribution in [1.29, 1.82) is 0 Å². The van der Waals surface area contributed by atoms with E-state index in [-0.39, 0.29) is 23.7 Å². The third-order valence-electron chi connectivity index (χ3n) is 3.39. The van der Waals surface area contributed by atoms with E-state index >= 15 is 0 Å². The van der Waals surface area contributed by atoms with Gasteiger partial charge in [0.2, 0.25) is 0 Å². The number of H-pyrrole nitrogens is 1. The van der Waals surface area contributed by atoms with E-state index in [1.165, 1.54) is 10.7 Å². The minimum atomic E-state index is -0.371. The zero-order valence-electron chi connectivity index (χ0n) is 13.3. The Morgan fingerprint density at radius 3 is 2.80 bits per heavy atom. The van der Waals surface area contributed by atoms with Gasteiger partial charge in [-0.3, -0.25) is 24.4 Å². The number of amides is 1. The largest absolute Gasteiger partial charge is 0.457 e. The van der Waals surface area contributed by atoms with Crippen LogP contribution >= 0.6 is 11.6 Å². The van der Waals surface area contributed by atoms with E-state index in [0.717, 1.165) is 0 Å². The van der Waals surface area contributed by atoms with Gasteiger partial charge in [0.1, 0.15) is 17.2 Å². The molecular weight excluding hydrogens is 344 g/mol. The normalized spacial score (nSPS) is 10.5. The monoisotopic (exact) mass is 358 g/mol. The van der Waals surface area contributed by atoms with Gasteiger partial charge < -0.3 is 10.1 Å². The summed E-state index contributed by atoms with van der Waals surface area (Å²) in [5.41, 5.74) is 0.535. The van der Waals surface area contributed by atoms with E-state index in [1.807, 2.05) is 0 Å². The standard InChI is InChI=1S/C17H15ClN4O3/c1-22-15(9-16(23)21-22)17(24)20-10-12-8-14(5-6-19-12)25-13-4-2-3-11(18)7-13/h2-9H,10H2,1H3,(H,20,24)(H,21,23). The predicted octanol–water partition coefficient (Wildman–Crippen LogP) is 2.48. The molecule has 2 aromatic heterocycles. The molecule has 0 unspecified atom stereocenters. The molecule has 0 aliphatic heterocycles. The van der Waals surface area contributed by atoms with E-state index in [4.69, 9.17) is 16.3 Å². The number of hydrogen-bond acceptors (Lipinski definition) is 4. The lowest BCUT2D eigenvalue weighted by Gasteiger charge is -2.08. The summed E-state index contributed by atoms with van der Waals surface area (Å²) in [4.78, 5) is 27.5. The highest BCUT2D eigenvalue weighted by Crippen LogP contribution is 2.24. The third-order valence-corrected chi connectivity index (χ3v) is 3.62. The lowest BCUT2D eigenvalue weighted by molar-refractivity contribution is 0.0941. The quantitative estimate of drug-likeness (QED) is 0.733. The van der Waals surface area contributed by atoms with Crippen molar-refractivity contribution >= 4 is 17.5 Å². The maximum absolute atomic E-state index is 12.1. The first-order chi connectivity index (χ1) is 12.0. The number of carbonyl (C=O) groups is 1. The van der Waals surface area contributed by atoms with Crippen LogP contribution in [0.1, 0.15) is 16.2 Å². The van der Waals surface area contributed by atoms with Gasteiger partial charge in [-0.15, -0.1) is 0 Å². The fourth-order valence-electron chi connectivity index (χ4n) is 2.24. The number of pyridine rings is 1. The van der Waals surface area contributed by atoms with E-state index in [2.05, 4.69) is 15.4 Å². The van der Waals surface area contributed by atoms with Gasteiger partial charge in [-0.25, -0.2) is 0 Å². The van der Waals surface area contributed by atoms with Crippen LogP contribution in [0.4, 0.5) is 0 Å². The average molecular weight is 359 g/mol. The number of carbonyl (C=O) groups excluding carboxylic acids is 1. The first-order valence-corrected chi connectivity index (χ1v) is 7.81. The van der Waals surface area contributed by atoms with Crippen molar-refractivity contribution in [3.05, 3.63) is 75.4 Å². The second kappa shape index (κ2) is 7.23. The Morgan fingerprint density at radius 2 is 2.08 bits per heavy atom. The van der Waals surface area contributed by atoms with Crippen LogP contribution in [0.3, 0.4) is 0 Å². The molecule has 1 amide bonds. The van der Waals surface area contributed by atoms with Gasteiger partial charge in [0.25, 0.3) is 11.5 Å². The Bertz CT molecular complexity index is 964. The maximum atomic E-state index is 12.1. The Hall–Kier alpha value is -3.06. The Kier molecular flexibility index (Phi) is 4.85. The van der Waals surface area contributed by atoms with Crippen molar-refractivity contribution in [1.82, 2.24) is 20.1 Å². The van der Waals surface area contributed by atoms with Crippen molar-refractivity contribution in [3.63, 3.8) is 0 Å². The van der Waals surface area contributed by atoms with Crippen molar-refractivity contribution in [3.8, 4) is 11.5 Å². The van der Waals surface area contributed by atoms with Gasteiger partial charge in [0, 0.05) is 30.4 Å². The van der Waals surface area contributed by atoms with Crippen LogP contribution in [-0.2, 0) is 13.6 Å². The molecule has 0 bridgehead atoms. The van der Waals surface area contributed by atoms with Gasteiger partial charge in [-0.05, 0) is 24.3 Å². The Balaban J connectivity index is 1.66. The number of aryl methyl sites for hydroxylation is 1. The van der Waals surface area contributed by atoms with Gasteiger partial charge in [0.05, 0.1) is 12.2 Å². The molecule has 7 nitrogen and oxygen atoms in total. The molecule has 0 radical (unpaired) electrons. The van der Waals surface area contributed by atoms with Gasteiger partial charge >= 0.3 is 0 Å². The van der Waals surface area contributed by atoms with E-state index in [1.54, 1.807) is 49.6 Å². The summed E-state index contributed by atoms with van der Waals surface area (Å²) < 4.78 is 7.09. The van der Waals surface area contributed by atoms with Crippen LogP contribution in [0.15, 0.2) is 53.5 Å². The lowest BCUT2D eigenvalue weighted by atomic mass is 10.3. The molecule has 0 spiro atoms. The highest BCUT2D eigenvalue weighted by Gasteiger charge is 2.11. The van der Waals surface area contributed by atoms with E-state index in [0.29, 0.717) is 22.2 Å². The summed E-state index contributed by atoms with van der Waals surface area (Å²) in [5, 5.41) is 5.77. The summed E-state index contributed by atoms with van der Waals surface area (Å²) in [6, 6.07) is 11.7. The molecule has 1 aromatic carbocycles. The molecule has 0 saturated heterocycles. The number of hydrogen-bond donors (Lipinski definition) is 2. The highest BCUT2D eigenvalue weighted by atomic mass is 35.5. The molecule has 0 fully saturated rings. The fraction of sp³-hybridized carbons (Fsp3) is 0.118. The second-order valence-electron chi connectivity index (χ2n) is 5.29. The second-order valence-corrected chi connectivity index (χ2v) is 5.73. The number of nitrogens with zero attached hydrogens (tertiary/aromatic N) is 2. The summed E-state index contributed by atoms with van der Waals surface area (Å²) >= 11 is 5.93. The van der Waals surface area contributed by atoms with Crippen LogP contribution in [-0.4, -0.2) is 20.7 Å². The average Bonchev–Trinajstić information content (AvgIpc) is 2.91. The van der Waals surface area contributed by atoms with Crippen LogP contribution in [0.2, 0.25) is 5.02 Å². The lowest BCUT2D eigenvalue weighted by Crippen LogP contribution is -2.25. The number of aromatic amines is 1.